The van der Waals surface area contributed by atoms with Crippen molar-refractivity contribution in [3.63, 3.8) is 0 Å². The summed E-state index contributed by atoms with van der Waals surface area (Å²) in [5.74, 6) is -1.10. The minimum absolute atomic E-state index is 0.315. The van der Waals surface area contributed by atoms with Gasteiger partial charge < -0.3 is 18.9 Å². The van der Waals surface area contributed by atoms with Gasteiger partial charge in [-0.2, -0.15) is 0 Å². The summed E-state index contributed by atoms with van der Waals surface area (Å²) in [6.45, 7) is 9.49. The van der Waals surface area contributed by atoms with E-state index >= 15 is 0 Å². The molecule has 0 rings (SSSR count). The van der Waals surface area contributed by atoms with Crippen LogP contribution in [0.4, 0.5) is 0 Å². The molecule has 2 unspecified atom stereocenters. The molecule has 26 heavy (non-hydrogen) atoms. The topological polar surface area (TPSA) is 71.1 Å². The summed E-state index contributed by atoms with van der Waals surface area (Å²) >= 11 is 0. The predicted molar refractivity (Wildman–Crippen MR) is 101 cm³/mol. The Bertz CT molecular complexity index is 324. The molecular weight excluding hydrogens is 336 g/mol. The molecule has 154 valence electrons. The van der Waals surface area contributed by atoms with E-state index in [1.807, 2.05) is 27.7 Å². The maximum atomic E-state index is 12.5. The number of hydrogen-bond acceptors (Lipinski definition) is 6. The SMILES string of the molecule is CCCCOC(=O)C(OCCCC)C(OCCCC)C(=O)OCCCC. The van der Waals surface area contributed by atoms with Gasteiger partial charge in [0, 0.05) is 13.2 Å². The van der Waals surface area contributed by atoms with Crippen molar-refractivity contribution in [2.45, 2.75) is 91.3 Å². The molecule has 2 atom stereocenters. The molecule has 0 aliphatic heterocycles. The van der Waals surface area contributed by atoms with E-state index in [9.17, 15) is 9.59 Å². The van der Waals surface area contributed by atoms with Crippen LogP contribution in [0.15, 0.2) is 0 Å². The zero-order valence-electron chi connectivity index (χ0n) is 17.1. The highest BCUT2D eigenvalue weighted by Crippen LogP contribution is 2.13. The highest BCUT2D eigenvalue weighted by atomic mass is 16.6. The average Bonchev–Trinajstić information content (AvgIpc) is 2.63. The van der Waals surface area contributed by atoms with Crippen molar-refractivity contribution in [2.75, 3.05) is 26.4 Å². The number of carbonyl (C=O) groups is 2. The fourth-order valence-corrected chi connectivity index (χ4v) is 2.07. The van der Waals surface area contributed by atoms with Gasteiger partial charge in [0.15, 0.2) is 12.2 Å². The Labute approximate surface area is 158 Å². The van der Waals surface area contributed by atoms with Crippen molar-refractivity contribution in [2.24, 2.45) is 0 Å². The van der Waals surface area contributed by atoms with Crippen LogP contribution in [0.2, 0.25) is 0 Å². The third-order valence-electron chi connectivity index (χ3n) is 3.81. The lowest BCUT2D eigenvalue weighted by Crippen LogP contribution is -2.46. The number of hydrogen-bond donors (Lipinski definition) is 0. The van der Waals surface area contributed by atoms with Gasteiger partial charge in [-0.05, 0) is 25.7 Å². The van der Waals surface area contributed by atoms with E-state index in [0.717, 1.165) is 51.4 Å². The molecule has 0 radical (unpaired) electrons. The fourth-order valence-electron chi connectivity index (χ4n) is 2.07. The second-order valence-electron chi connectivity index (χ2n) is 6.33. The van der Waals surface area contributed by atoms with Gasteiger partial charge >= 0.3 is 11.9 Å². The van der Waals surface area contributed by atoms with Gasteiger partial charge in [-0.3, -0.25) is 0 Å². The summed E-state index contributed by atoms with van der Waals surface area (Å²) in [5, 5.41) is 0. The molecule has 0 aliphatic rings. The molecular formula is C20H38O6. The summed E-state index contributed by atoms with van der Waals surface area (Å²) in [5.41, 5.74) is 0. The Hall–Kier alpha value is -1.14. The Kier molecular flexibility index (Phi) is 16.5. The van der Waals surface area contributed by atoms with Gasteiger partial charge in [-0.15, -0.1) is 0 Å². The number of rotatable bonds is 17. The van der Waals surface area contributed by atoms with Crippen LogP contribution >= 0.6 is 0 Å². The molecule has 0 aromatic rings. The lowest BCUT2D eigenvalue weighted by molar-refractivity contribution is -0.184. The van der Waals surface area contributed by atoms with E-state index in [1.54, 1.807) is 0 Å². The highest BCUT2D eigenvalue weighted by Gasteiger charge is 2.38. The quantitative estimate of drug-likeness (QED) is 0.283. The summed E-state index contributed by atoms with van der Waals surface area (Å²) in [4.78, 5) is 25.0. The first-order chi connectivity index (χ1) is 12.6. The summed E-state index contributed by atoms with van der Waals surface area (Å²) in [6, 6.07) is 0. The molecule has 6 nitrogen and oxygen atoms in total. The van der Waals surface area contributed by atoms with Gasteiger partial charge in [0.25, 0.3) is 0 Å². The van der Waals surface area contributed by atoms with E-state index in [1.165, 1.54) is 0 Å². The lowest BCUT2D eigenvalue weighted by Gasteiger charge is -2.25. The van der Waals surface area contributed by atoms with E-state index < -0.39 is 24.1 Å². The maximum absolute atomic E-state index is 12.5. The van der Waals surface area contributed by atoms with Gasteiger partial charge in [0.05, 0.1) is 13.2 Å². The Morgan fingerprint density at radius 1 is 0.577 bits per heavy atom. The molecule has 0 aromatic heterocycles. The standard InChI is InChI=1S/C20H38O6/c1-5-9-13-23-17(19(21)25-15-11-7-3)18(24-14-10-6-2)20(22)26-16-12-8-4/h17-18H,5-16H2,1-4H3. The lowest BCUT2D eigenvalue weighted by atomic mass is 10.2. The van der Waals surface area contributed by atoms with Crippen LogP contribution in [-0.4, -0.2) is 50.6 Å². The molecule has 0 saturated carbocycles. The van der Waals surface area contributed by atoms with E-state index in [2.05, 4.69) is 0 Å². The molecule has 0 N–H and O–H groups in total. The van der Waals surface area contributed by atoms with Crippen LogP contribution in [-0.2, 0) is 28.5 Å². The summed E-state index contributed by atoms with van der Waals surface area (Å²) in [6.07, 6.45) is 4.68. The molecule has 0 fully saturated rings. The number of unbranched alkanes of at least 4 members (excludes halogenated alkanes) is 4. The van der Waals surface area contributed by atoms with Crippen molar-refractivity contribution in [1.29, 1.82) is 0 Å². The molecule has 0 amide bonds. The van der Waals surface area contributed by atoms with Crippen molar-refractivity contribution >= 4 is 11.9 Å². The third-order valence-corrected chi connectivity index (χ3v) is 3.81. The summed E-state index contributed by atoms with van der Waals surface area (Å²) in [7, 11) is 0. The molecule has 0 bridgehead atoms. The minimum atomic E-state index is -1.08. The molecule has 0 saturated heterocycles. The van der Waals surface area contributed by atoms with Crippen molar-refractivity contribution in [3.8, 4) is 0 Å². The van der Waals surface area contributed by atoms with Gasteiger partial charge in [0.2, 0.25) is 0 Å². The van der Waals surface area contributed by atoms with Crippen molar-refractivity contribution < 1.29 is 28.5 Å². The van der Waals surface area contributed by atoms with Crippen molar-refractivity contribution in [3.05, 3.63) is 0 Å². The normalized spacial score (nSPS) is 13.2. The zero-order valence-corrected chi connectivity index (χ0v) is 17.1. The Morgan fingerprint density at radius 2 is 0.885 bits per heavy atom. The van der Waals surface area contributed by atoms with E-state index in [4.69, 9.17) is 18.9 Å². The monoisotopic (exact) mass is 374 g/mol. The molecule has 0 heterocycles. The number of carbonyl (C=O) groups excluding carboxylic acids is 2. The largest absolute Gasteiger partial charge is 0.464 e. The molecule has 0 spiro atoms. The molecule has 0 aliphatic carbocycles. The van der Waals surface area contributed by atoms with Crippen LogP contribution in [0.5, 0.6) is 0 Å². The van der Waals surface area contributed by atoms with Crippen LogP contribution < -0.4 is 0 Å². The second-order valence-corrected chi connectivity index (χ2v) is 6.33. The van der Waals surface area contributed by atoms with Gasteiger partial charge in [-0.25, -0.2) is 9.59 Å². The second kappa shape index (κ2) is 17.3. The molecule has 0 aromatic carbocycles. The van der Waals surface area contributed by atoms with Gasteiger partial charge in [0.1, 0.15) is 0 Å². The highest BCUT2D eigenvalue weighted by molar-refractivity contribution is 5.85. The van der Waals surface area contributed by atoms with Crippen LogP contribution in [0.25, 0.3) is 0 Å². The van der Waals surface area contributed by atoms with Crippen LogP contribution in [0.3, 0.4) is 0 Å². The first-order valence-corrected chi connectivity index (χ1v) is 10.2. The Morgan fingerprint density at radius 3 is 1.19 bits per heavy atom. The Balaban J connectivity index is 5.03. The minimum Gasteiger partial charge on any atom is -0.464 e. The predicted octanol–water partition coefficient (Wildman–Crippen LogP) is 4.04. The zero-order chi connectivity index (χ0) is 19.6. The first kappa shape index (κ1) is 24.9. The fraction of sp³-hybridized carbons (Fsp3) is 0.900. The first-order valence-electron chi connectivity index (χ1n) is 10.2. The van der Waals surface area contributed by atoms with Crippen LogP contribution in [0, 0.1) is 0 Å². The van der Waals surface area contributed by atoms with E-state index in [0.29, 0.717) is 26.4 Å². The third kappa shape index (κ3) is 11.5. The van der Waals surface area contributed by atoms with Crippen molar-refractivity contribution in [1.82, 2.24) is 0 Å². The average molecular weight is 375 g/mol. The number of ether oxygens (including phenoxy) is 4. The van der Waals surface area contributed by atoms with Crippen LogP contribution in [0.1, 0.15) is 79.1 Å². The smallest absolute Gasteiger partial charge is 0.338 e. The maximum Gasteiger partial charge on any atom is 0.338 e. The summed E-state index contributed by atoms with van der Waals surface area (Å²) < 4.78 is 22.0. The van der Waals surface area contributed by atoms with E-state index in [-0.39, 0.29) is 0 Å². The molecule has 6 heteroatoms. The number of esters is 2. The van der Waals surface area contributed by atoms with Gasteiger partial charge in [-0.1, -0.05) is 53.4 Å².